The van der Waals surface area contributed by atoms with Crippen LogP contribution in [0.5, 0.6) is 0 Å². The first kappa shape index (κ1) is 34.4. The van der Waals surface area contributed by atoms with Crippen LogP contribution in [0.25, 0.3) is 75.5 Å². The summed E-state index contributed by atoms with van der Waals surface area (Å²) in [6.07, 6.45) is 0. The Hall–Kier alpha value is -7.52. The summed E-state index contributed by atoms with van der Waals surface area (Å²) in [6, 6.07) is 83.5. The van der Waals surface area contributed by atoms with Crippen LogP contribution in [-0.2, 0) is 5.41 Å². The van der Waals surface area contributed by atoms with Crippen molar-refractivity contribution in [1.29, 1.82) is 0 Å². The molecule has 284 valence electrons. The minimum Gasteiger partial charge on any atom is -0.308 e. The molecule has 1 nitrogen and oxygen atoms in total. The van der Waals surface area contributed by atoms with Crippen molar-refractivity contribution in [2.24, 2.45) is 0 Å². The monoisotopic (exact) mass is 791 g/mol. The Labute approximate surface area is 359 Å². The molecule has 61 heavy (non-hydrogen) atoms. The second-order valence-corrected chi connectivity index (χ2v) is 17.4. The van der Waals surface area contributed by atoms with Crippen LogP contribution in [0.2, 0.25) is 0 Å². The van der Waals surface area contributed by atoms with Gasteiger partial charge >= 0.3 is 0 Å². The van der Waals surface area contributed by atoms with Crippen LogP contribution in [0.3, 0.4) is 0 Å². The van der Waals surface area contributed by atoms with Gasteiger partial charge in [0.25, 0.3) is 0 Å². The van der Waals surface area contributed by atoms with Crippen LogP contribution < -0.4 is 4.90 Å². The van der Waals surface area contributed by atoms with E-state index in [0.29, 0.717) is 0 Å². The molecule has 0 atom stereocenters. The van der Waals surface area contributed by atoms with Crippen molar-refractivity contribution in [3.63, 3.8) is 0 Å². The molecule has 0 saturated heterocycles. The molecule has 13 rings (SSSR count). The average molecular weight is 792 g/mol. The van der Waals surface area contributed by atoms with E-state index in [-0.39, 0.29) is 0 Å². The molecule has 1 aromatic heterocycles. The number of rotatable bonds is 5. The van der Waals surface area contributed by atoms with Crippen molar-refractivity contribution in [2.45, 2.75) is 5.41 Å². The molecule has 0 radical (unpaired) electrons. The molecular weight excluding hydrogens is 755 g/mol. The van der Waals surface area contributed by atoms with E-state index >= 15 is 0 Å². The Kier molecular flexibility index (Phi) is 7.46. The maximum Gasteiger partial charge on any atom is 0.0726 e. The van der Waals surface area contributed by atoms with Gasteiger partial charge in [0, 0.05) is 26.7 Å². The fourth-order valence-electron chi connectivity index (χ4n) is 10.8. The molecule has 0 fully saturated rings. The maximum atomic E-state index is 2.58. The van der Waals surface area contributed by atoms with Gasteiger partial charge in [-0.1, -0.05) is 194 Å². The summed E-state index contributed by atoms with van der Waals surface area (Å²) >= 11 is 1.90. The molecule has 11 aromatic rings. The van der Waals surface area contributed by atoms with Gasteiger partial charge in [-0.05, 0) is 102 Å². The van der Waals surface area contributed by atoms with Gasteiger partial charge in [0.15, 0.2) is 0 Å². The first-order valence-corrected chi connectivity index (χ1v) is 21.9. The predicted molar refractivity (Wildman–Crippen MR) is 259 cm³/mol. The predicted octanol–water partition coefficient (Wildman–Crippen LogP) is 16.4. The second-order valence-electron chi connectivity index (χ2n) is 16.3. The summed E-state index contributed by atoms with van der Waals surface area (Å²) in [6.45, 7) is 0. The molecule has 0 N–H and O–H groups in total. The van der Waals surface area contributed by atoms with Gasteiger partial charge in [-0.25, -0.2) is 0 Å². The van der Waals surface area contributed by atoms with Gasteiger partial charge in [0.05, 0.1) is 21.5 Å². The normalized spacial score (nSPS) is 13.0. The summed E-state index contributed by atoms with van der Waals surface area (Å²) in [4.78, 5) is 2.58. The third-order valence-corrected chi connectivity index (χ3v) is 14.5. The minimum atomic E-state index is -0.445. The number of fused-ring (bicyclic) bond motifs is 15. The van der Waals surface area contributed by atoms with Crippen LogP contribution in [0.1, 0.15) is 22.3 Å². The number of hydrogen-bond acceptors (Lipinski definition) is 2. The quantitative estimate of drug-likeness (QED) is 0.168. The summed E-state index contributed by atoms with van der Waals surface area (Å²) in [7, 11) is 0. The van der Waals surface area contributed by atoms with E-state index in [9.17, 15) is 0 Å². The molecule has 2 aliphatic rings. The lowest BCUT2D eigenvalue weighted by Gasteiger charge is -2.32. The summed E-state index contributed by atoms with van der Waals surface area (Å²) in [5, 5.41) is 5.13. The number of benzene rings is 10. The fourth-order valence-corrected chi connectivity index (χ4v) is 12.0. The minimum absolute atomic E-state index is 0.445. The zero-order valence-corrected chi connectivity index (χ0v) is 34.0. The van der Waals surface area contributed by atoms with Crippen LogP contribution in [-0.4, -0.2) is 0 Å². The van der Waals surface area contributed by atoms with Crippen LogP contribution in [0.4, 0.5) is 17.1 Å². The van der Waals surface area contributed by atoms with Crippen molar-refractivity contribution >= 4 is 59.3 Å². The molecule has 0 bridgehead atoms. The summed E-state index contributed by atoms with van der Waals surface area (Å²) in [5.41, 5.74) is 18.4. The van der Waals surface area contributed by atoms with E-state index in [0.717, 1.165) is 5.69 Å². The van der Waals surface area contributed by atoms with E-state index in [4.69, 9.17) is 0 Å². The Bertz CT molecular complexity index is 3490. The number of nitrogens with zero attached hydrogens (tertiary/aromatic N) is 1. The lowest BCUT2D eigenvalue weighted by Crippen LogP contribution is -2.26. The highest BCUT2D eigenvalue weighted by molar-refractivity contribution is 7.26. The number of hydrogen-bond donors (Lipinski definition) is 0. The molecule has 1 heterocycles. The van der Waals surface area contributed by atoms with Gasteiger partial charge in [-0.2, -0.15) is 0 Å². The second kappa shape index (κ2) is 13.2. The highest BCUT2D eigenvalue weighted by atomic mass is 32.1. The lowest BCUT2D eigenvalue weighted by molar-refractivity contribution is 0.794. The first-order chi connectivity index (χ1) is 30.3. The average Bonchev–Trinajstić information content (AvgIpc) is 3.98. The Morgan fingerprint density at radius 1 is 0.361 bits per heavy atom. The van der Waals surface area contributed by atoms with Gasteiger partial charge in [-0.15, -0.1) is 11.3 Å². The number of thiophene rings is 1. The van der Waals surface area contributed by atoms with Crippen molar-refractivity contribution in [3.8, 4) is 44.5 Å². The Balaban J connectivity index is 1.11. The molecule has 0 unspecified atom stereocenters. The number of anilines is 3. The van der Waals surface area contributed by atoms with Crippen LogP contribution >= 0.6 is 11.3 Å². The SMILES string of the molecule is c1ccc(-c2ccc(-c3cccc(N(c4cccc5c4-c4ccccc4C54c5ccccc5-c5ccccc54)c4cc5ccccc5c5c4sc4ccccc45)c3)cc2)cc1. The molecule has 2 heteroatoms. The van der Waals surface area contributed by atoms with Crippen molar-refractivity contribution < 1.29 is 0 Å². The maximum absolute atomic E-state index is 2.58. The zero-order valence-electron chi connectivity index (χ0n) is 33.2. The van der Waals surface area contributed by atoms with E-state index in [1.807, 2.05) is 11.3 Å². The van der Waals surface area contributed by atoms with E-state index in [1.54, 1.807) is 0 Å². The fraction of sp³-hybridized carbons (Fsp3) is 0.0169. The molecule has 0 aliphatic heterocycles. The first-order valence-electron chi connectivity index (χ1n) is 21.1. The Morgan fingerprint density at radius 3 is 1.66 bits per heavy atom. The van der Waals surface area contributed by atoms with E-state index in [2.05, 4.69) is 229 Å². The molecule has 1 spiro atoms. The van der Waals surface area contributed by atoms with E-state index in [1.165, 1.54) is 109 Å². The zero-order chi connectivity index (χ0) is 40.1. The highest BCUT2D eigenvalue weighted by Crippen LogP contribution is 2.65. The van der Waals surface area contributed by atoms with E-state index < -0.39 is 5.41 Å². The van der Waals surface area contributed by atoms with Crippen molar-refractivity contribution in [3.05, 3.63) is 247 Å². The Morgan fingerprint density at radius 2 is 0.902 bits per heavy atom. The molecule has 10 aromatic carbocycles. The van der Waals surface area contributed by atoms with Gasteiger partial charge in [0.1, 0.15) is 0 Å². The summed E-state index contributed by atoms with van der Waals surface area (Å²) in [5.74, 6) is 0. The molecular formula is C59H37NS. The van der Waals surface area contributed by atoms with Crippen LogP contribution in [0.15, 0.2) is 224 Å². The third kappa shape index (κ3) is 4.88. The topological polar surface area (TPSA) is 3.24 Å². The van der Waals surface area contributed by atoms with Gasteiger partial charge in [0.2, 0.25) is 0 Å². The lowest BCUT2D eigenvalue weighted by atomic mass is 9.70. The third-order valence-electron chi connectivity index (χ3n) is 13.3. The molecule has 0 amide bonds. The molecule has 0 saturated carbocycles. The standard InChI is InChI=1S/C59H37NS/c1-2-16-38(17-3-1)39-32-34-40(35-33-39)41-19-14-20-43(36-41)60(54-37-42-18-4-5-21-44(42)56-48-25-9-13-31-55(48)61-58(54)56)53-30-15-29-52-57(53)47-24-8-12-28-51(47)59(52)49-26-10-6-22-45(49)46-23-7-11-27-50(46)59/h1-37H. The van der Waals surface area contributed by atoms with Gasteiger partial charge in [-0.3, -0.25) is 0 Å². The van der Waals surface area contributed by atoms with Crippen LogP contribution in [0, 0.1) is 0 Å². The smallest absolute Gasteiger partial charge is 0.0726 e. The van der Waals surface area contributed by atoms with Crippen molar-refractivity contribution in [2.75, 3.05) is 4.90 Å². The summed E-state index contributed by atoms with van der Waals surface area (Å²) < 4.78 is 2.58. The van der Waals surface area contributed by atoms with Gasteiger partial charge < -0.3 is 4.90 Å². The largest absolute Gasteiger partial charge is 0.308 e. The van der Waals surface area contributed by atoms with Crippen molar-refractivity contribution in [1.82, 2.24) is 0 Å². The highest BCUT2D eigenvalue weighted by Gasteiger charge is 2.52. The molecule has 2 aliphatic carbocycles.